The van der Waals surface area contributed by atoms with Gasteiger partial charge in [0.05, 0.1) is 22.3 Å². The molecule has 3 rings (SSSR count). The molecule has 0 fully saturated rings. The summed E-state index contributed by atoms with van der Waals surface area (Å²) < 4.78 is 5.64. The van der Waals surface area contributed by atoms with E-state index < -0.39 is 18.3 Å². The highest BCUT2D eigenvalue weighted by atomic mass is 16.5. The van der Waals surface area contributed by atoms with Crippen molar-refractivity contribution in [3.63, 3.8) is 0 Å². The molecule has 0 unspecified atom stereocenters. The van der Waals surface area contributed by atoms with E-state index >= 15 is 0 Å². The first-order valence-corrected chi connectivity index (χ1v) is 9.63. The fraction of sp³-hybridized carbons (Fsp3) is 0.364. The van der Waals surface area contributed by atoms with Crippen LogP contribution >= 0.6 is 0 Å². The molecule has 2 aromatic rings. The van der Waals surface area contributed by atoms with Gasteiger partial charge in [0.1, 0.15) is 0 Å². The predicted molar refractivity (Wildman–Crippen MR) is 111 cm³/mol. The van der Waals surface area contributed by atoms with Gasteiger partial charge in [0, 0.05) is 6.54 Å². The van der Waals surface area contributed by atoms with Crippen LogP contribution in [0.3, 0.4) is 0 Å². The number of amides is 2. The third-order valence-corrected chi connectivity index (χ3v) is 5.65. The van der Waals surface area contributed by atoms with Crippen molar-refractivity contribution in [2.24, 2.45) is 0 Å². The minimum Gasteiger partial charge on any atom is -0.423 e. The quantitative estimate of drug-likeness (QED) is 0.551. The number of carbonyl (C=O) groups is 2. The maximum atomic E-state index is 12.4. The topological polar surface area (TPSA) is 87.1 Å². The van der Waals surface area contributed by atoms with Crippen LogP contribution in [0.5, 0.6) is 0 Å². The van der Waals surface area contributed by atoms with E-state index in [1.165, 1.54) is 4.90 Å². The molecule has 0 aromatic heterocycles. The van der Waals surface area contributed by atoms with Crippen LogP contribution < -0.4 is 5.46 Å². The number of carbonyl (C=O) groups excluding carboxylic acids is 2. The Labute approximate surface area is 171 Å². The highest BCUT2D eigenvalue weighted by Gasteiger charge is 2.39. The van der Waals surface area contributed by atoms with Crippen molar-refractivity contribution in [1.29, 1.82) is 0 Å². The molecule has 2 N–H and O–H groups in total. The molecule has 0 spiro atoms. The summed E-state index contributed by atoms with van der Waals surface area (Å²) in [5.41, 5.74) is 0.313. The minimum atomic E-state index is -1.18. The van der Waals surface area contributed by atoms with E-state index in [0.717, 1.165) is 5.56 Å². The third kappa shape index (κ3) is 4.27. The molecule has 1 aliphatic rings. The molecule has 1 heterocycles. The van der Waals surface area contributed by atoms with Crippen LogP contribution in [0.25, 0.3) is 0 Å². The van der Waals surface area contributed by atoms with Gasteiger partial charge in [-0.15, -0.1) is 0 Å². The summed E-state index contributed by atoms with van der Waals surface area (Å²) in [5, 5.41) is 20.5. The predicted octanol–water partition coefficient (Wildman–Crippen LogP) is 1.78. The molecule has 152 valence electrons. The fourth-order valence-electron chi connectivity index (χ4n) is 3.02. The van der Waals surface area contributed by atoms with E-state index in [9.17, 15) is 19.7 Å². The molecule has 0 saturated carbocycles. The van der Waals surface area contributed by atoms with E-state index in [-0.39, 0.29) is 18.4 Å². The Hall–Kier alpha value is -2.48. The van der Waals surface area contributed by atoms with Gasteiger partial charge in [0.15, 0.2) is 0 Å². The van der Waals surface area contributed by atoms with Gasteiger partial charge < -0.3 is 14.8 Å². The number of imide groups is 1. The first kappa shape index (κ1) is 21.2. The van der Waals surface area contributed by atoms with Gasteiger partial charge in [-0.25, -0.2) is 0 Å². The average molecular weight is 395 g/mol. The molecule has 0 bridgehead atoms. The molecule has 6 nitrogen and oxygen atoms in total. The Morgan fingerprint density at radius 3 is 1.93 bits per heavy atom. The van der Waals surface area contributed by atoms with E-state index in [0.29, 0.717) is 23.0 Å². The Morgan fingerprint density at radius 2 is 1.45 bits per heavy atom. The zero-order chi connectivity index (χ0) is 21.4. The third-order valence-electron chi connectivity index (χ3n) is 5.65. The van der Waals surface area contributed by atoms with Crippen molar-refractivity contribution in [3.8, 4) is 0 Å². The number of benzene rings is 2. The van der Waals surface area contributed by atoms with Crippen LogP contribution in [0.4, 0.5) is 0 Å². The van der Waals surface area contributed by atoms with Crippen molar-refractivity contribution in [2.75, 3.05) is 6.54 Å². The average Bonchev–Trinajstić information content (AvgIpc) is 2.90. The summed E-state index contributed by atoms with van der Waals surface area (Å²) in [6.07, 6.45) is 0.512. The van der Waals surface area contributed by atoms with Crippen LogP contribution in [-0.2, 0) is 11.1 Å². The van der Waals surface area contributed by atoms with E-state index in [1.807, 2.05) is 12.1 Å². The second-order valence-corrected chi connectivity index (χ2v) is 8.34. The highest BCUT2D eigenvalue weighted by Crippen LogP contribution is 2.25. The summed E-state index contributed by atoms with van der Waals surface area (Å²) in [6.45, 7) is 6.97. The molecular formula is C22H26BNO5. The van der Waals surface area contributed by atoms with Gasteiger partial charge in [-0.3, -0.25) is 14.5 Å². The molecule has 2 aromatic carbocycles. The lowest BCUT2D eigenvalue weighted by atomic mass is 9.76. The van der Waals surface area contributed by atoms with Crippen molar-refractivity contribution in [2.45, 2.75) is 45.3 Å². The lowest BCUT2D eigenvalue weighted by Gasteiger charge is -2.38. The van der Waals surface area contributed by atoms with Gasteiger partial charge in [-0.2, -0.15) is 0 Å². The maximum Gasteiger partial charge on any atom is 0.491 e. The van der Waals surface area contributed by atoms with E-state index in [1.54, 1.807) is 64.1 Å². The van der Waals surface area contributed by atoms with Gasteiger partial charge in [0.25, 0.3) is 11.8 Å². The zero-order valence-electron chi connectivity index (χ0n) is 17.2. The number of fused-ring (bicyclic) bond motifs is 1. The lowest BCUT2D eigenvalue weighted by molar-refractivity contribution is -0.0982. The molecule has 0 saturated heterocycles. The number of hydrogen-bond acceptors (Lipinski definition) is 5. The van der Waals surface area contributed by atoms with Crippen LogP contribution in [0.2, 0.25) is 0 Å². The Balaban J connectivity index is 1.62. The Morgan fingerprint density at radius 1 is 0.931 bits per heavy atom. The molecule has 0 atom stereocenters. The normalized spacial score (nSPS) is 14.3. The number of hydrogen-bond donors (Lipinski definition) is 2. The molecule has 0 radical (unpaired) electrons. The number of nitrogens with zero attached hydrogens (tertiary/aromatic N) is 1. The largest absolute Gasteiger partial charge is 0.491 e. The number of aliphatic hydroxyl groups is 1. The van der Waals surface area contributed by atoms with Crippen LogP contribution in [0, 0.1) is 0 Å². The van der Waals surface area contributed by atoms with Gasteiger partial charge >= 0.3 is 7.12 Å². The fourth-order valence-corrected chi connectivity index (χ4v) is 3.02. The first-order valence-electron chi connectivity index (χ1n) is 9.63. The molecule has 29 heavy (non-hydrogen) atoms. The van der Waals surface area contributed by atoms with Crippen molar-refractivity contribution < 1.29 is 24.4 Å². The summed E-state index contributed by atoms with van der Waals surface area (Å²) in [7, 11) is -1.18. The SMILES string of the molecule is CC(C)(O)C(C)(C)OB(O)c1ccc(CCN2C(=O)c3ccccc3C2=O)cc1. The van der Waals surface area contributed by atoms with E-state index in [4.69, 9.17) is 4.65 Å². The minimum absolute atomic E-state index is 0.264. The maximum absolute atomic E-state index is 12.4. The van der Waals surface area contributed by atoms with Crippen LogP contribution in [-0.4, -0.2) is 51.7 Å². The highest BCUT2D eigenvalue weighted by molar-refractivity contribution is 6.60. The summed E-state index contributed by atoms with van der Waals surface area (Å²) in [4.78, 5) is 26.1. The smallest absolute Gasteiger partial charge is 0.423 e. The van der Waals surface area contributed by atoms with Gasteiger partial charge in [-0.05, 0) is 57.3 Å². The second kappa shape index (κ2) is 7.74. The Bertz CT molecular complexity index is 883. The van der Waals surface area contributed by atoms with Gasteiger partial charge in [0.2, 0.25) is 0 Å². The molecule has 1 aliphatic heterocycles. The molecule has 7 heteroatoms. The van der Waals surface area contributed by atoms with Crippen molar-refractivity contribution >= 4 is 24.4 Å². The van der Waals surface area contributed by atoms with Crippen molar-refractivity contribution in [3.05, 3.63) is 65.2 Å². The molecule has 2 amide bonds. The first-order chi connectivity index (χ1) is 13.5. The molecule has 0 aliphatic carbocycles. The standard InChI is InChI=1S/C22H26BNO5/c1-21(2,27)22(3,4)29-23(28)16-11-9-15(10-12-16)13-14-24-19(25)17-7-5-6-8-18(17)20(24)26/h5-12,27-28H,13-14H2,1-4H3. The zero-order valence-corrected chi connectivity index (χ0v) is 17.2. The van der Waals surface area contributed by atoms with Crippen LogP contribution in [0.1, 0.15) is 54.0 Å². The summed E-state index contributed by atoms with van der Waals surface area (Å²) in [5.74, 6) is -0.528. The lowest BCUT2D eigenvalue weighted by Crippen LogP contribution is -2.53. The van der Waals surface area contributed by atoms with Crippen molar-refractivity contribution in [1.82, 2.24) is 4.90 Å². The van der Waals surface area contributed by atoms with Gasteiger partial charge in [-0.1, -0.05) is 36.4 Å². The monoisotopic (exact) mass is 395 g/mol. The Kier molecular flexibility index (Phi) is 5.67. The van der Waals surface area contributed by atoms with Crippen LogP contribution in [0.15, 0.2) is 48.5 Å². The molecular weight excluding hydrogens is 369 g/mol. The second-order valence-electron chi connectivity index (χ2n) is 8.34. The summed E-state index contributed by atoms with van der Waals surface area (Å²) in [6, 6.07) is 14.0. The summed E-state index contributed by atoms with van der Waals surface area (Å²) >= 11 is 0. The van der Waals surface area contributed by atoms with E-state index in [2.05, 4.69) is 0 Å². The number of rotatable bonds is 7.